The molecule has 0 spiro atoms. The van der Waals surface area contributed by atoms with Crippen molar-refractivity contribution in [2.45, 2.75) is 6.92 Å². The molecule has 1 rings (SSSR count). The highest BCUT2D eigenvalue weighted by molar-refractivity contribution is 9.10. The Kier molecular flexibility index (Phi) is 5.49. The zero-order valence-electron chi connectivity index (χ0n) is 9.22. The predicted octanol–water partition coefficient (Wildman–Crippen LogP) is 3.13. The summed E-state index contributed by atoms with van der Waals surface area (Å²) in [5.41, 5.74) is 0.890. The first-order chi connectivity index (χ1) is 7.63. The van der Waals surface area contributed by atoms with Gasteiger partial charge in [-0.15, -0.1) is 0 Å². The van der Waals surface area contributed by atoms with Crippen LogP contribution in [0.15, 0.2) is 34.8 Å². The normalized spacial score (nSPS) is 10.2. The quantitative estimate of drug-likeness (QED) is 0.812. The van der Waals surface area contributed by atoms with E-state index < -0.39 is 0 Å². The van der Waals surface area contributed by atoms with Crippen molar-refractivity contribution < 1.29 is 9.13 Å². The number of ether oxygens (including phenoxy) is 1. The van der Waals surface area contributed by atoms with Crippen LogP contribution in [0.25, 0.3) is 0 Å². The van der Waals surface area contributed by atoms with Gasteiger partial charge in [0.25, 0.3) is 0 Å². The number of hydrogen-bond donors (Lipinski definition) is 1. The minimum Gasteiger partial charge on any atom is -0.486 e. The fourth-order valence-electron chi connectivity index (χ4n) is 1.12. The summed E-state index contributed by atoms with van der Waals surface area (Å²) in [5, 5.41) is 3.13. The monoisotopic (exact) mass is 287 g/mol. The van der Waals surface area contributed by atoms with Gasteiger partial charge in [0.2, 0.25) is 0 Å². The van der Waals surface area contributed by atoms with Crippen molar-refractivity contribution in [1.82, 2.24) is 5.32 Å². The summed E-state index contributed by atoms with van der Waals surface area (Å²) < 4.78 is 19.4. The molecule has 0 aliphatic heterocycles. The van der Waals surface area contributed by atoms with Gasteiger partial charge in [-0.2, -0.15) is 0 Å². The second kappa shape index (κ2) is 6.66. The predicted molar refractivity (Wildman–Crippen MR) is 67.3 cm³/mol. The maximum absolute atomic E-state index is 13.3. The van der Waals surface area contributed by atoms with E-state index in [1.54, 1.807) is 12.1 Å². The van der Waals surface area contributed by atoms with E-state index in [1.165, 1.54) is 6.07 Å². The molecule has 16 heavy (non-hydrogen) atoms. The summed E-state index contributed by atoms with van der Waals surface area (Å²) >= 11 is 3.26. The Hall–Kier alpha value is -0.870. The Morgan fingerprint density at radius 1 is 1.56 bits per heavy atom. The van der Waals surface area contributed by atoms with Gasteiger partial charge in [0.1, 0.15) is 6.61 Å². The molecule has 0 aromatic heterocycles. The number of hydrogen-bond acceptors (Lipinski definition) is 2. The fourth-order valence-corrected chi connectivity index (χ4v) is 1.46. The standard InChI is InChI=1S/C12H15BrFNO/c1-3-15-7-9(2)8-16-12-6-10(13)4-5-11(12)14/h4-6,15H,2-3,7-8H2,1H3. The summed E-state index contributed by atoms with van der Waals surface area (Å²) in [4.78, 5) is 0. The Balaban J connectivity index is 2.47. The van der Waals surface area contributed by atoms with Gasteiger partial charge in [-0.1, -0.05) is 29.4 Å². The first kappa shape index (κ1) is 13.2. The Morgan fingerprint density at radius 2 is 2.31 bits per heavy atom. The molecular weight excluding hydrogens is 273 g/mol. The lowest BCUT2D eigenvalue weighted by atomic mass is 10.3. The van der Waals surface area contributed by atoms with Crippen LogP contribution in [0.5, 0.6) is 5.75 Å². The van der Waals surface area contributed by atoms with Crippen LogP contribution in [-0.4, -0.2) is 19.7 Å². The summed E-state index contributed by atoms with van der Waals surface area (Å²) in [6.07, 6.45) is 0. The maximum Gasteiger partial charge on any atom is 0.165 e. The molecular formula is C12H15BrFNO. The largest absolute Gasteiger partial charge is 0.486 e. The van der Waals surface area contributed by atoms with Crippen LogP contribution in [0.3, 0.4) is 0 Å². The summed E-state index contributed by atoms with van der Waals surface area (Å²) in [6, 6.07) is 4.61. The number of likely N-dealkylation sites (N-methyl/N-ethyl adjacent to an activating group) is 1. The van der Waals surface area contributed by atoms with Crippen LogP contribution < -0.4 is 10.1 Å². The van der Waals surface area contributed by atoms with Crippen LogP contribution in [0.2, 0.25) is 0 Å². The molecule has 0 atom stereocenters. The fraction of sp³-hybridized carbons (Fsp3) is 0.333. The zero-order chi connectivity index (χ0) is 12.0. The van der Waals surface area contributed by atoms with Crippen LogP contribution in [0.1, 0.15) is 6.92 Å². The van der Waals surface area contributed by atoms with E-state index in [1.807, 2.05) is 6.92 Å². The van der Waals surface area contributed by atoms with E-state index in [-0.39, 0.29) is 11.6 Å². The van der Waals surface area contributed by atoms with Crippen LogP contribution in [0.4, 0.5) is 4.39 Å². The van der Waals surface area contributed by atoms with Gasteiger partial charge in [-0.05, 0) is 30.3 Å². The third-order valence-corrected chi connectivity index (χ3v) is 2.44. The van der Waals surface area contributed by atoms with Crippen molar-refractivity contribution in [3.8, 4) is 5.75 Å². The Labute approximate surface area is 104 Å². The number of halogens is 2. The third kappa shape index (κ3) is 4.33. The highest BCUT2D eigenvalue weighted by Crippen LogP contribution is 2.22. The summed E-state index contributed by atoms with van der Waals surface area (Å²) in [5.74, 6) is -0.119. The lowest BCUT2D eigenvalue weighted by Crippen LogP contribution is -2.19. The average molecular weight is 288 g/mol. The molecule has 2 nitrogen and oxygen atoms in total. The number of nitrogens with one attached hydrogen (secondary N) is 1. The van der Waals surface area contributed by atoms with Crippen LogP contribution in [0, 0.1) is 5.82 Å². The molecule has 1 aromatic rings. The molecule has 0 saturated heterocycles. The SMILES string of the molecule is C=C(CNCC)COc1cc(Br)ccc1F. The third-order valence-electron chi connectivity index (χ3n) is 1.95. The zero-order valence-corrected chi connectivity index (χ0v) is 10.8. The van der Waals surface area contributed by atoms with Crippen molar-refractivity contribution in [3.05, 3.63) is 40.6 Å². The summed E-state index contributed by atoms with van der Waals surface area (Å²) in [7, 11) is 0. The van der Waals surface area contributed by atoms with Gasteiger partial charge in [0, 0.05) is 11.0 Å². The molecule has 0 aliphatic carbocycles. The van der Waals surface area contributed by atoms with Crippen LogP contribution in [-0.2, 0) is 0 Å². The number of rotatable bonds is 6. The molecule has 0 bridgehead atoms. The smallest absolute Gasteiger partial charge is 0.165 e. The van der Waals surface area contributed by atoms with Gasteiger partial charge in [0.05, 0.1) is 0 Å². The minimum absolute atomic E-state index is 0.243. The molecule has 0 unspecified atom stereocenters. The first-order valence-electron chi connectivity index (χ1n) is 5.08. The lowest BCUT2D eigenvalue weighted by molar-refractivity contribution is 0.329. The maximum atomic E-state index is 13.3. The van der Waals surface area contributed by atoms with E-state index in [0.717, 1.165) is 16.6 Å². The van der Waals surface area contributed by atoms with Crippen molar-refractivity contribution in [3.63, 3.8) is 0 Å². The number of benzene rings is 1. The molecule has 0 amide bonds. The van der Waals surface area contributed by atoms with E-state index in [2.05, 4.69) is 27.8 Å². The topological polar surface area (TPSA) is 21.3 Å². The van der Waals surface area contributed by atoms with Crippen molar-refractivity contribution in [2.24, 2.45) is 0 Å². The lowest BCUT2D eigenvalue weighted by Gasteiger charge is -2.10. The molecule has 0 saturated carbocycles. The average Bonchev–Trinajstić information content (AvgIpc) is 2.27. The second-order valence-corrected chi connectivity index (χ2v) is 4.31. The molecule has 1 N–H and O–H groups in total. The molecule has 0 radical (unpaired) electrons. The van der Waals surface area contributed by atoms with E-state index in [9.17, 15) is 4.39 Å². The minimum atomic E-state index is -0.362. The highest BCUT2D eigenvalue weighted by Gasteiger charge is 2.04. The molecule has 0 fully saturated rings. The van der Waals surface area contributed by atoms with Gasteiger partial charge in [0.15, 0.2) is 11.6 Å². The first-order valence-corrected chi connectivity index (χ1v) is 5.88. The second-order valence-electron chi connectivity index (χ2n) is 3.39. The molecule has 0 heterocycles. The van der Waals surface area contributed by atoms with Crippen molar-refractivity contribution in [2.75, 3.05) is 19.7 Å². The highest BCUT2D eigenvalue weighted by atomic mass is 79.9. The van der Waals surface area contributed by atoms with Gasteiger partial charge in [-0.25, -0.2) is 4.39 Å². The molecule has 88 valence electrons. The van der Waals surface area contributed by atoms with E-state index in [4.69, 9.17) is 4.74 Å². The summed E-state index contributed by atoms with van der Waals surface area (Å²) in [6.45, 7) is 7.74. The van der Waals surface area contributed by atoms with Gasteiger partial charge < -0.3 is 10.1 Å². The molecule has 0 aliphatic rings. The van der Waals surface area contributed by atoms with Gasteiger partial charge in [-0.3, -0.25) is 0 Å². The Morgan fingerprint density at radius 3 is 3.00 bits per heavy atom. The van der Waals surface area contributed by atoms with E-state index in [0.29, 0.717) is 13.2 Å². The molecule has 4 heteroatoms. The van der Waals surface area contributed by atoms with Crippen LogP contribution >= 0.6 is 15.9 Å². The molecule has 1 aromatic carbocycles. The van der Waals surface area contributed by atoms with Gasteiger partial charge >= 0.3 is 0 Å². The Bertz CT molecular complexity index is 368. The van der Waals surface area contributed by atoms with Crippen molar-refractivity contribution in [1.29, 1.82) is 0 Å². The van der Waals surface area contributed by atoms with Crippen molar-refractivity contribution >= 4 is 15.9 Å². The van der Waals surface area contributed by atoms with E-state index >= 15 is 0 Å².